The second-order valence-corrected chi connectivity index (χ2v) is 6.36. The molecule has 0 aliphatic heterocycles. The third-order valence-electron chi connectivity index (χ3n) is 4.82. The van der Waals surface area contributed by atoms with Crippen LogP contribution in [0.5, 0.6) is 5.75 Å². The molecule has 0 saturated heterocycles. The molecule has 0 bridgehead atoms. The van der Waals surface area contributed by atoms with Gasteiger partial charge in [-0.05, 0) is 36.1 Å². The van der Waals surface area contributed by atoms with Gasteiger partial charge < -0.3 is 19.6 Å². The molecule has 128 valence electrons. The van der Waals surface area contributed by atoms with E-state index in [4.69, 9.17) is 9.15 Å². The molecule has 0 radical (unpaired) electrons. The third kappa shape index (κ3) is 2.66. The zero-order valence-electron chi connectivity index (χ0n) is 13.9. The number of ether oxygens (including phenoxy) is 1. The van der Waals surface area contributed by atoms with Gasteiger partial charge in [0.1, 0.15) is 5.60 Å². The molecule has 1 atom stereocenters. The number of carbonyl (C=O) groups is 1. The highest BCUT2D eigenvalue weighted by atomic mass is 16.5. The fourth-order valence-corrected chi connectivity index (χ4v) is 3.47. The van der Waals surface area contributed by atoms with E-state index in [1.165, 1.54) is 0 Å². The lowest BCUT2D eigenvalue weighted by Crippen LogP contribution is -2.39. The van der Waals surface area contributed by atoms with Crippen molar-refractivity contribution in [2.75, 3.05) is 13.7 Å². The van der Waals surface area contributed by atoms with Gasteiger partial charge in [-0.15, -0.1) is 0 Å². The van der Waals surface area contributed by atoms with Crippen LogP contribution in [-0.2, 0) is 12.0 Å². The fourth-order valence-electron chi connectivity index (χ4n) is 3.47. The van der Waals surface area contributed by atoms with Crippen LogP contribution in [0.3, 0.4) is 0 Å². The lowest BCUT2D eigenvalue weighted by Gasteiger charge is -2.24. The SMILES string of the molecule is COc1cccc2cc(C(=O)NC[C@@]3(O)CCc4ccccc43)oc12. The Kier molecular flexibility index (Phi) is 3.73. The van der Waals surface area contributed by atoms with Gasteiger partial charge in [-0.3, -0.25) is 4.79 Å². The van der Waals surface area contributed by atoms with E-state index >= 15 is 0 Å². The van der Waals surface area contributed by atoms with Gasteiger partial charge in [-0.2, -0.15) is 0 Å². The highest BCUT2D eigenvalue weighted by Gasteiger charge is 2.36. The first kappa shape index (κ1) is 15.7. The molecule has 1 aliphatic carbocycles. The van der Waals surface area contributed by atoms with Crippen molar-refractivity contribution in [1.82, 2.24) is 5.32 Å². The number of rotatable bonds is 4. The monoisotopic (exact) mass is 337 g/mol. The average Bonchev–Trinajstić information content (AvgIpc) is 3.22. The summed E-state index contributed by atoms with van der Waals surface area (Å²) in [5, 5.41) is 14.5. The summed E-state index contributed by atoms with van der Waals surface area (Å²) in [4.78, 5) is 12.5. The maximum absolute atomic E-state index is 12.5. The molecule has 1 amide bonds. The molecule has 4 rings (SSSR count). The summed E-state index contributed by atoms with van der Waals surface area (Å²) in [6.45, 7) is 0.150. The number of para-hydroxylation sites is 1. The molecule has 1 aromatic heterocycles. The number of hydrogen-bond donors (Lipinski definition) is 2. The number of hydrogen-bond acceptors (Lipinski definition) is 4. The maximum Gasteiger partial charge on any atom is 0.287 e. The van der Waals surface area contributed by atoms with Crippen LogP contribution in [0.4, 0.5) is 0 Å². The van der Waals surface area contributed by atoms with Crippen molar-refractivity contribution in [1.29, 1.82) is 0 Å². The number of carbonyl (C=O) groups excluding carboxylic acids is 1. The number of benzene rings is 2. The summed E-state index contributed by atoms with van der Waals surface area (Å²) in [7, 11) is 1.56. The van der Waals surface area contributed by atoms with Crippen LogP contribution in [0.25, 0.3) is 11.0 Å². The first-order chi connectivity index (χ1) is 12.1. The van der Waals surface area contributed by atoms with Gasteiger partial charge in [0, 0.05) is 5.39 Å². The van der Waals surface area contributed by atoms with Crippen LogP contribution in [0.2, 0.25) is 0 Å². The van der Waals surface area contributed by atoms with Gasteiger partial charge >= 0.3 is 0 Å². The van der Waals surface area contributed by atoms with Crippen molar-refractivity contribution in [3.05, 3.63) is 65.4 Å². The largest absolute Gasteiger partial charge is 0.493 e. The Morgan fingerprint density at radius 2 is 2.12 bits per heavy atom. The van der Waals surface area contributed by atoms with E-state index in [-0.39, 0.29) is 18.2 Å². The predicted octanol–water partition coefficient (Wildman–Crippen LogP) is 3.01. The number of aryl methyl sites for hydroxylation is 1. The Morgan fingerprint density at radius 3 is 2.96 bits per heavy atom. The highest BCUT2D eigenvalue weighted by Crippen LogP contribution is 2.36. The second-order valence-electron chi connectivity index (χ2n) is 6.36. The van der Waals surface area contributed by atoms with Crippen molar-refractivity contribution in [2.24, 2.45) is 0 Å². The van der Waals surface area contributed by atoms with E-state index in [1.807, 2.05) is 36.4 Å². The number of aliphatic hydroxyl groups is 1. The van der Waals surface area contributed by atoms with Crippen molar-refractivity contribution in [2.45, 2.75) is 18.4 Å². The Balaban J connectivity index is 1.53. The van der Waals surface area contributed by atoms with Gasteiger partial charge in [0.05, 0.1) is 13.7 Å². The minimum absolute atomic E-state index is 0.150. The van der Waals surface area contributed by atoms with Crippen molar-refractivity contribution < 1.29 is 19.1 Å². The maximum atomic E-state index is 12.5. The van der Waals surface area contributed by atoms with Crippen LogP contribution < -0.4 is 10.1 Å². The summed E-state index contributed by atoms with van der Waals surface area (Å²) < 4.78 is 10.9. The predicted molar refractivity (Wildman–Crippen MR) is 93.8 cm³/mol. The van der Waals surface area contributed by atoms with E-state index < -0.39 is 5.60 Å². The summed E-state index contributed by atoms with van der Waals surface area (Å²) in [5.41, 5.74) is 1.53. The van der Waals surface area contributed by atoms with Gasteiger partial charge in [-0.25, -0.2) is 0 Å². The Labute approximate surface area is 145 Å². The molecule has 0 unspecified atom stereocenters. The molecular weight excluding hydrogens is 318 g/mol. The Morgan fingerprint density at radius 1 is 1.28 bits per heavy atom. The number of amides is 1. The van der Waals surface area contributed by atoms with E-state index in [0.717, 1.165) is 22.9 Å². The summed E-state index contributed by atoms with van der Waals surface area (Å²) in [6.07, 6.45) is 1.41. The van der Waals surface area contributed by atoms with Crippen LogP contribution in [0.1, 0.15) is 28.1 Å². The number of furan rings is 1. The first-order valence-corrected chi connectivity index (χ1v) is 8.26. The van der Waals surface area contributed by atoms with E-state index in [0.29, 0.717) is 17.8 Å². The van der Waals surface area contributed by atoms with E-state index in [9.17, 15) is 9.90 Å². The van der Waals surface area contributed by atoms with Crippen LogP contribution >= 0.6 is 0 Å². The molecule has 2 aromatic carbocycles. The summed E-state index contributed by atoms with van der Waals surface area (Å²) in [5.74, 6) is 0.436. The third-order valence-corrected chi connectivity index (χ3v) is 4.82. The molecule has 3 aromatic rings. The van der Waals surface area contributed by atoms with Crippen molar-refractivity contribution in [3.8, 4) is 5.75 Å². The molecule has 2 N–H and O–H groups in total. The molecule has 5 heteroatoms. The number of nitrogens with one attached hydrogen (secondary N) is 1. The van der Waals surface area contributed by atoms with Gasteiger partial charge in [-0.1, -0.05) is 36.4 Å². The number of fused-ring (bicyclic) bond motifs is 2. The average molecular weight is 337 g/mol. The molecule has 0 spiro atoms. The molecule has 5 nitrogen and oxygen atoms in total. The second kappa shape index (κ2) is 5.93. The molecular formula is C20H19NO4. The molecule has 1 heterocycles. The first-order valence-electron chi connectivity index (χ1n) is 8.26. The Hall–Kier alpha value is -2.79. The highest BCUT2D eigenvalue weighted by molar-refractivity contribution is 5.97. The van der Waals surface area contributed by atoms with Crippen LogP contribution in [0.15, 0.2) is 52.9 Å². The quantitative estimate of drug-likeness (QED) is 0.768. The van der Waals surface area contributed by atoms with Crippen molar-refractivity contribution in [3.63, 3.8) is 0 Å². The molecule has 1 aliphatic rings. The van der Waals surface area contributed by atoms with Gasteiger partial charge in [0.15, 0.2) is 17.1 Å². The molecule has 0 fully saturated rings. The number of methoxy groups -OCH3 is 1. The standard InChI is InChI=1S/C20H19NO4/c1-24-16-8-4-6-14-11-17(25-18(14)16)19(22)21-12-20(23)10-9-13-5-2-3-7-15(13)20/h2-8,11,23H,9-10,12H2,1H3,(H,21,22)/t20-/m0/s1. The molecule has 0 saturated carbocycles. The zero-order valence-corrected chi connectivity index (χ0v) is 13.9. The zero-order chi connectivity index (χ0) is 17.4. The summed E-state index contributed by atoms with van der Waals surface area (Å²) in [6, 6.07) is 15.0. The normalized spacial score (nSPS) is 19.0. The van der Waals surface area contributed by atoms with Crippen LogP contribution in [-0.4, -0.2) is 24.7 Å². The molecule has 25 heavy (non-hydrogen) atoms. The minimum Gasteiger partial charge on any atom is -0.493 e. The summed E-state index contributed by atoms with van der Waals surface area (Å²) >= 11 is 0. The lowest BCUT2D eigenvalue weighted by atomic mass is 9.96. The van der Waals surface area contributed by atoms with Gasteiger partial charge in [0.25, 0.3) is 5.91 Å². The van der Waals surface area contributed by atoms with E-state index in [2.05, 4.69) is 5.32 Å². The van der Waals surface area contributed by atoms with E-state index in [1.54, 1.807) is 19.2 Å². The van der Waals surface area contributed by atoms with Crippen LogP contribution in [0, 0.1) is 0 Å². The van der Waals surface area contributed by atoms with Gasteiger partial charge in [0.2, 0.25) is 0 Å². The Bertz CT molecular complexity index is 946. The minimum atomic E-state index is -1.03. The topological polar surface area (TPSA) is 71.7 Å². The van der Waals surface area contributed by atoms with Crippen molar-refractivity contribution >= 4 is 16.9 Å². The fraction of sp³-hybridized carbons (Fsp3) is 0.250. The smallest absolute Gasteiger partial charge is 0.287 e. The lowest BCUT2D eigenvalue weighted by molar-refractivity contribution is 0.0365.